The predicted molar refractivity (Wildman–Crippen MR) is 128 cm³/mol. The molecule has 2 heterocycles. The lowest BCUT2D eigenvalue weighted by Gasteiger charge is -2.29. The second-order valence-corrected chi connectivity index (χ2v) is 8.64. The molecule has 4 rings (SSSR count). The molecule has 1 fully saturated rings. The van der Waals surface area contributed by atoms with Gasteiger partial charge in [-0.1, -0.05) is 12.1 Å². The van der Waals surface area contributed by atoms with E-state index in [-0.39, 0.29) is 24.1 Å². The Morgan fingerprint density at radius 2 is 2.06 bits per heavy atom. The van der Waals surface area contributed by atoms with Gasteiger partial charge in [-0.15, -0.1) is 0 Å². The number of carbonyl (C=O) groups excluding carboxylic acids is 1. The summed E-state index contributed by atoms with van der Waals surface area (Å²) in [6.07, 6.45) is 12.6. The van der Waals surface area contributed by atoms with E-state index >= 15 is 0 Å². The molecule has 6 heteroatoms. The molecule has 1 N–H and O–H groups in total. The number of rotatable bonds is 8. The first kappa shape index (κ1) is 23.0. The Morgan fingerprint density at radius 1 is 1.21 bits per heavy atom. The van der Waals surface area contributed by atoms with Gasteiger partial charge in [-0.05, 0) is 80.2 Å². The van der Waals surface area contributed by atoms with Crippen LogP contribution in [0.1, 0.15) is 55.3 Å². The van der Waals surface area contributed by atoms with Crippen LogP contribution in [-0.2, 0) is 22.5 Å². The van der Waals surface area contributed by atoms with Crippen LogP contribution < -0.4 is 10.2 Å². The summed E-state index contributed by atoms with van der Waals surface area (Å²) in [6, 6.07) is 8.98. The van der Waals surface area contributed by atoms with Gasteiger partial charge in [0.15, 0.2) is 0 Å². The fourth-order valence-corrected chi connectivity index (χ4v) is 4.38. The highest BCUT2D eigenvalue weighted by molar-refractivity contribution is 5.78. The molecular weight excluding hydrogens is 417 g/mol. The summed E-state index contributed by atoms with van der Waals surface area (Å²) in [5.41, 5.74) is 3.51. The van der Waals surface area contributed by atoms with Gasteiger partial charge < -0.3 is 15.0 Å². The van der Waals surface area contributed by atoms with Gasteiger partial charge in [0.25, 0.3) is 0 Å². The molecule has 0 spiro atoms. The lowest BCUT2D eigenvalue weighted by Crippen LogP contribution is -2.30. The molecule has 5 nitrogen and oxygen atoms in total. The molecule has 1 aromatic heterocycles. The molecule has 174 valence electrons. The summed E-state index contributed by atoms with van der Waals surface area (Å²) in [5.74, 6) is 0.795. The van der Waals surface area contributed by atoms with Gasteiger partial charge in [0.1, 0.15) is 11.6 Å². The molecule has 1 aliphatic heterocycles. The molecular formula is C27H32FN3O2. The van der Waals surface area contributed by atoms with Crippen LogP contribution in [0, 0.1) is 5.82 Å². The van der Waals surface area contributed by atoms with Gasteiger partial charge >= 0.3 is 0 Å². The standard InChI is InChI=1S/C27H32FN3O2/c1-2-33-26-10-7-21(8-11-26)22-6-9-24(29-19-22)17-27(32)30-18-20-14-23(28)16-25(15-20)31-12-4-3-5-13-31/h6-7,9-11,14-16,19,21H,2-5,8,12-13,17-18H2,1H3,(H,30,32). The van der Waals surface area contributed by atoms with Crippen LogP contribution in [0.25, 0.3) is 0 Å². The first-order valence-electron chi connectivity index (χ1n) is 11.9. The van der Waals surface area contributed by atoms with E-state index in [1.54, 1.807) is 6.07 Å². The topological polar surface area (TPSA) is 54.5 Å². The fourth-order valence-electron chi connectivity index (χ4n) is 4.38. The quantitative estimate of drug-likeness (QED) is 0.614. The number of nitrogens with one attached hydrogen (secondary N) is 1. The summed E-state index contributed by atoms with van der Waals surface area (Å²) >= 11 is 0. The number of aromatic nitrogens is 1. The van der Waals surface area contributed by atoms with Gasteiger partial charge in [-0.3, -0.25) is 9.78 Å². The molecule has 0 bridgehead atoms. The number of halogens is 1. The number of hydrogen-bond acceptors (Lipinski definition) is 4. The van der Waals surface area contributed by atoms with Crippen LogP contribution in [0.15, 0.2) is 60.5 Å². The number of amides is 1. The molecule has 2 aromatic rings. The van der Waals surface area contributed by atoms with Gasteiger partial charge in [-0.25, -0.2) is 4.39 Å². The molecule has 0 saturated carbocycles. The third-order valence-corrected chi connectivity index (χ3v) is 6.15. The number of anilines is 1. The fraction of sp³-hybridized carbons (Fsp3) is 0.407. The number of pyridine rings is 1. The van der Waals surface area contributed by atoms with Crippen LogP contribution in [0.2, 0.25) is 0 Å². The SMILES string of the molecule is CCOC1=CCC(c2ccc(CC(=O)NCc3cc(F)cc(N4CCCCC4)c3)nc2)C=C1. The van der Waals surface area contributed by atoms with E-state index in [0.29, 0.717) is 13.2 Å². The van der Waals surface area contributed by atoms with E-state index < -0.39 is 0 Å². The van der Waals surface area contributed by atoms with Gasteiger partial charge in [0.2, 0.25) is 5.91 Å². The van der Waals surface area contributed by atoms with E-state index in [1.807, 2.05) is 37.4 Å². The predicted octanol–water partition coefficient (Wildman–Crippen LogP) is 5.03. The lowest BCUT2D eigenvalue weighted by molar-refractivity contribution is -0.120. The van der Waals surface area contributed by atoms with Crippen LogP contribution in [0.4, 0.5) is 10.1 Å². The number of hydrogen-bond donors (Lipinski definition) is 1. The van der Waals surface area contributed by atoms with E-state index in [2.05, 4.69) is 27.4 Å². The minimum Gasteiger partial charge on any atom is -0.494 e. The lowest BCUT2D eigenvalue weighted by atomic mass is 9.93. The van der Waals surface area contributed by atoms with Crippen molar-refractivity contribution in [1.82, 2.24) is 10.3 Å². The third kappa shape index (κ3) is 6.44. The number of piperidine rings is 1. The maximum absolute atomic E-state index is 14.1. The van der Waals surface area contributed by atoms with Crippen molar-refractivity contribution < 1.29 is 13.9 Å². The van der Waals surface area contributed by atoms with E-state index in [9.17, 15) is 9.18 Å². The molecule has 1 unspecified atom stereocenters. The van der Waals surface area contributed by atoms with Gasteiger partial charge in [0, 0.05) is 43.1 Å². The van der Waals surface area contributed by atoms with Gasteiger partial charge in [-0.2, -0.15) is 0 Å². The molecule has 33 heavy (non-hydrogen) atoms. The monoisotopic (exact) mass is 449 g/mol. The maximum atomic E-state index is 14.1. The van der Waals surface area contributed by atoms with Crippen molar-refractivity contribution in [1.29, 1.82) is 0 Å². The minimum atomic E-state index is -0.264. The van der Waals surface area contributed by atoms with Crippen molar-refractivity contribution in [3.05, 3.63) is 83.2 Å². The first-order valence-corrected chi connectivity index (χ1v) is 11.9. The molecule has 2 aliphatic rings. The largest absolute Gasteiger partial charge is 0.494 e. The Hall–Kier alpha value is -3.15. The summed E-state index contributed by atoms with van der Waals surface area (Å²) in [4.78, 5) is 19.2. The van der Waals surface area contributed by atoms with Crippen LogP contribution in [0.5, 0.6) is 0 Å². The van der Waals surface area contributed by atoms with E-state index in [1.165, 1.54) is 12.5 Å². The van der Waals surface area contributed by atoms with Crippen molar-refractivity contribution in [2.75, 3.05) is 24.6 Å². The van der Waals surface area contributed by atoms with Crippen molar-refractivity contribution in [3.63, 3.8) is 0 Å². The highest BCUT2D eigenvalue weighted by atomic mass is 19.1. The number of nitrogens with zero attached hydrogens (tertiary/aromatic N) is 2. The summed E-state index contributed by atoms with van der Waals surface area (Å²) < 4.78 is 19.7. The zero-order valence-corrected chi connectivity index (χ0v) is 19.2. The molecule has 1 saturated heterocycles. The smallest absolute Gasteiger partial charge is 0.226 e. The Labute approximate surface area is 195 Å². The zero-order chi connectivity index (χ0) is 23.0. The Morgan fingerprint density at radius 3 is 2.76 bits per heavy atom. The van der Waals surface area contributed by atoms with Crippen molar-refractivity contribution in [3.8, 4) is 0 Å². The third-order valence-electron chi connectivity index (χ3n) is 6.15. The van der Waals surface area contributed by atoms with Crippen molar-refractivity contribution >= 4 is 11.6 Å². The molecule has 0 radical (unpaired) electrons. The first-order chi connectivity index (χ1) is 16.1. The normalized spacial score (nSPS) is 18.1. The summed E-state index contributed by atoms with van der Waals surface area (Å²) in [6.45, 7) is 4.86. The second-order valence-electron chi connectivity index (χ2n) is 8.64. The number of carbonyl (C=O) groups is 1. The van der Waals surface area contributed by atoms with Crippen molar-refractivity contribution in [2.24, 2.45) is 0 Å². The van der Waals surface area contributed by atoms with Crippen molar-refractivity contribution in [2.45, 2.75) is 51.5 Å². The minimum absolute atomic E-state index is 0.124. The van der Waals surface area contributed by atoms with E-state index in [4.69, 9.17) is 4.74 Å². The Balaban J connectivity index is 1.29. The van der Waals surface area contributed by atoms with Crippen LogP contribution >= 0.6 is 0 Å². The number of allylic oxidation sites excluding steroid dienone is 3. The molecule has 1 aromatic carbocycles. The average molecular weight is 450 g/mol. The van der Waals surface area contributed by atoms with Crippen LogP contribution in [-0.4, -0.2) is 30.6 Å². The molecule has 1 amide bonds. The zero-order valence-electron chi connectivity index (χ0n) is 19.2. The Bertz CT molecular complexity index is 1010. The van der Waals surface area contributed by atoms with Gasteiger partial charge in [0.05, 0.1) is 13.0 Å². The second kappa shape index (κ2) is 11.1. The molecule has 1 aliphatic carbocycles. The summed E-state index contributed by atoms with van der Waals surface area (Å²) in [5, 5.41) is 2.90. The van der Waals surface area contributed by atoms with Crippen LogP contribution in [0.3, 0.4) is 0 Å². The molecule has 1 atom stereocenters. The number of ether oxygens (including phenoxy) is 1. The van der Waals surface area contributed by atoms with E-state index in [0.717, 1.165) is 60.6 Å². The average Bonchev–Trinajstić information content (AvgIpc) is 2.84. The maximum Gasteiger partial charge on any atom is 0.226 e. The highest BCUT2D eigenvalue weighted by Crippen LogP contribution is 2.27. The number of benzene rings is 1. The highest BCUT2D eigenvalue weighted by Gasteiger charge is 2.15. The summed E-state index contributed by atoms with van der Waals surface area (Å²) in [7, 11) is 0. The Kier molecular flexibility index (Phi) is 7.76.